The van der Waals surface area contributed by atoms with E-state index in [9.17, 15) is 4.79 Å². The van der Waals surface area contributed by atoms with E-state index in [1.54, 1.807) is 0 Å². The van der Waals surface area contributed by atoms with E-state index in [-0.39, 0.29) is 18.2 Å². The topological polar surface area (TPSA) is 56.8 Å². The minimum absolute atomic E-state index is 0.0384. The van der Waals surface area contributed by atoms with Gasteiger partial charge in [-0.3, -0.25) is 4.79 Å². The van der Waals surface area contributed by atoms with Gasteiger partial charge in [0.2, 0.25) is 0 Å². The monoisotopic (exact) mass is 243 g/mol. The Morgan fingerprint density at radius 2 is 2.12 bits per heavy atom. The molecule has 0 aromatic rings. The lowest BCUT2D eigenvalue weighted by atomic mass is 10.1. The van der Waals surface area contributed by atoms with Crippen LogP contribution in [0, 0.1) is 0 Å². The van der Waals surface area contributed by atoms with E-state index in [1.807, 2.05) is 0 Å². The van der Waals surface area contributed by atoms with Crippen LogP contribution in [0.25, 0.3) is 0 Å². The Balaban J connectivity index is 1.59. The van der Waals surface area contributed by atoms with Crippen LogP contribution < -0.4 is 5.32 Å². The van der Waals surface area contributed by atoms with Gasteiger partial charge in [0.15, 0.2) is 0 Å². The van der Waals surface area contributed by atoms with Gasteiger partial charge in [-0.05, 0) is 19.3 Å². The third kappa shape index (κ3) is 4.61. The molecule has 5 nitrogen and oxygen atoms in total. The summed E-state index contributed by atoms with van der Waals surface area (Å²) in [4.78, 5) is 11.6. The molecule has 0 bridgehead atoms. The molecule has 0 radical (unpaired) electrons. The molecule has 17 heavy (non-hydrogen) atoms. The maximum Gasteiger partial charge on any atom is 0.308 e. The van der Waals surface area contributed by atoms with Crippen molar-refractivity contribution in [1.29, 1.82) is 0 Å². The van der Waals surface area contributed by atoms with Crippen LogP contribution in [0.2, 0.25) is 0 Å². The Labute approximate surface area is 102 Å². The van der Waals surface area contributed by atoms with Crippen molar-refractivity contribution in [3.63, 3.8) is 0 Å². The molecule has 2 atom stereocenters. The highest BCUT2D eigenvalue weighted by atomic mass is 16.6. The maximum absolute atomic E-state index is 11.6. The third-order valence-electron chi connectivity index (χ3n) is 3.10. The lowest BCUT2D eigenvalue weighted by Crippen LogP contribution is -2.40. The highest BCUT2D eigenvalue weighted by molar-refractivity contribution is 5.70. The fourth-order valence-electron chi connectivity index (χ4n) is 2.12. The van der Waals surface area contributed by atoms with Gasteiger partial charge in [-0.2, -0.15) is 0 Å². The molecule has 0 aromatic heterocycles. The van der Waals surface area contributed by atoms with Crippen molar-refractivity contribution >= 4 is 5.97 Å². The van der Waals surface area contributed by atoms with Crippen molar-refractivity contribution in [1.82, 2.24) is 5.32 Å². The molecule has 0 saturated carbocycles. The summed E-state index contributed by atoms with van der Waals surface area (Å²) in [6.07, 6.45) is 3.67. The largest absolute Gasteiger partial charge is 0.463 e. The Morgan fingerprint density at radius 3 is 2.82 bits per heavy atom. The average molecular weight is 243 g/mol. The third-order valence-corrected chi connectivity index (χ3v) is 3.10. The summed E-state index contributed by atoms with van der Waals surface area (Å²) in [6.45, 7) is 3.44. The van der Waals surface area contributed by atoms with Crippen molar-refractivity contribution in [2.75, 3.05) is 32.9 Å². The molecule has 2 saturated heterocycles. The molecule has 2 rings (SSSR count). The second-order valence-electron chi connectivity index (χ2n) is 4.57. The summed E-state index contributed by atoms with van der Waals surface area (Å²) in [5.74, 6) is -0.187. The van der Waals surface area contributed by atoms with Gasteiger partial charge < -0.3 is 19.5 Å². The number of nitrogens with one attached hydrogen (secondary N) is 1. The molecule has 2 heterocycles. The molecular weight excluding hydrogens is 222 g/mol. The zero-order valence-electron chi connectivity index (χ0n) is 10.2. The van der Waals surface area contributed by atoms with Crippen molar-refractivity contribution < 1.29 is 19.0 Å². The van der Waals surface area contributed by atoms with Crippen LogP contribution >= 0.6 is 0 Å². The first-order chi connectivity index (χ1) is 8.34. The van der Waals surface area contributed by atoms with E-state index in [1.165, 1.54) is 0 Å². The van der Waals surface area contributed by atoms with Crippen molar-refractivity contribution in [3.8, 4) is 0 Å². The Morgan fingerprint density at radius 1 is 1.24 bits per heavy atom. The molecule has 2 aliphatic rings. The molecule has 0 spiro atoms. The predicted molar refractivity (Wildman–Crippen MR) is 61.8 cm³/mol. The molecule has 5 heteroatoms. The molecule has 2 unspecified atom stereocenters. The van der Waals surface area contributed by atoms with Crippen LogP contribution in [0.3, 0.4) is 0 Å². The quantitative estimate of drug-likeness (QED) is 0.728. The number of carbonyl (C=O) groups is 1. The number of hydrogen-bond acceptors (Lipinski definition) is 5. The van der Waals surface area contributed by atoms with Crippen molar-refractivity contribution in [2.45, 2.75) is 37.9 Å². The number of carbonyl (C=O) groups excluding carboxylic acids is 1. The summed E-state index contributed by atoms with van der Waals surface area (Å²) in [6, 6.07) is 0. The fraction of sp³-hybridized carbons (Fsp3) is 0.917. The van der Waals surface area contributed by atoms with Crippen LogP contribution in [0.5, 0.6) is 0 Å². The van der Waals surface area contributed by atoms with Gasteiger partial charge >= 0.3 is 5.97 Å². The van der Waals surface area contributed by atoms with E-state index in [2.05, 4.69) is 5.32 Å². The first-order valence-electron chi connectivity index (χ1n) is 6.44. The minimum atomic E-state index is -0.187. The van der Waals surface area contributed by atoms with Gasteiger partial charge in [-0.1, -0.05) is 0 Å². The second kappa shape index (κ2) is 6.93. The molecule has 0 aliphatic carbocycles. The number of ether oxygens (including phenoxy) is 3. The Bertz CT molecular complexity index is 235. The molecule has 0 aromatic carbocycles. The van der Waals surface area contributed by atoms with Crippen LogP contribution in [0.1, 0.15) is 25.7 Å². The predicted octanol–water partition coefficient (Wildman–Crippen LogP) is 0.477. The molecule has 1 N–H and O–H groups in total. The smallest absolute Gasteiger partial charge is 0.308 e. The van der Waals surface area contributed by atoms with E-state index in [0.29, 0.717) is 19.6 Å². The molecule has 98 valence electrons. The summed E-state index contributed by atoms with van der Waals surface area (Å²) >= 11 is 0. The SMILES string of the molecule is O=C(CC1CNCCO1)OCC1CCCCO1. The number of esters is 1. The van der Waals surface area contributed by atoms with Crippen molar-refractivity contribution in [3.05, 3.63) is 0 Å². The first-order valence-corrected chi connectivity index (χ1v) is 6.44. The number of rotatable bonds is 4. The Kier molecular flexibility index (Phi) is 5.22. The van der Waals surface area contributed by atoms with Gasteiger partial charge in [0, 0.05) is 19.7 Å². The lowest BCUT2D eigenvalue weighted by molar-refractivity contribution is -0.152. The maximum atomic E-state index is 11.6. The Hall–Kier alpha value is -0.650. The lowest BCUT2D eigenvalue weighted by Gasteiger charge is -2.24. The number of hydrogen-bond donors (Lipinski definition) is 1. The van der Waals surface area contributed by atoms with Gasteiger partial charge in [-0.15, -0.1) is 0 Å². The molecule has 0 amide bonds. The van der Waals surface area contributed by atoms with Crippen LogP contribution in [-0.4, -0.2) is 51.1 Å². The van der Waals surface area contributed by atoms with Gasteiger partial charge in [0.25, 0.3) is 0 Å². The first kappa shape index (κ1) is 12.8. The van der Waals surface area contributed by atoms with E-state index in [4.69, 9.17) is 14.2 Å². The summed E-state index contributed by atoms with van der Waals surface area (Å²) in [5, 5.41) is 3.19. The zero-order valence-corrected chi connectivity index (χ0v) is 10.2. The van der Waals surface area contributed by atoms with Crippen LogP contribution in [0.4, 0.5) is 0 Å². The number of morpholine rings is 1. The summed E-state index contributed by atoms with van der Waals surface area (Å²) < 4.78 is 16.2. The molecular formula is C12H21NO4. The van der Waals surface area contributed by atoms with E-state index in [0.717, 1.165) is 39.0 Å². The summed E-state index contributed by atoms with van der Waals surface area (Å²) in [7, 11) is 0. The van der Waals surface area contributed by atoms with Gasteiger partial charge in [0.05, 0.1) is 25.2 Å². The van der Waals surface area contributed by atoms with Crippen LogP contribution in [-0.2, 0) is 19.0 Å². The van der Waals surface area contributed by atoms with Gasteiger partial charge in [0.1, 0.15) is 6.61 Å². The molecule has 2 aliphatic heterocycles. The standard InChI is InChI=1S/C12H21NO4/c14-12(7-11-8-13-4-6-16-11)17-9-10-3-1-2-5-15-10/h10-11,13H,1-9H2. The van der Waals surface area contributed by atoms with E-state index >= 15 is 0 Å². The van der Waals surface area contributed by atoms with Crippen LogP contribution in [0.15, 0.2) is 0 Å². The fourth-order valence-corrected chi connectivity index (χ4v) is 2.12. The van der Waals surface area contributed by atoms with E-state index < -0.39 is 0 Å². The van der Waals surface area contributed by atoms with Gasteiger partial charge in [-0.25, -0.2) is 0 Å². The normalized spacial score (nSPS) is 29.9. The molecule has 2 fully saturated rings. The summed E-state index contributed by atoms with van der Waals surface area (Å²) in [5.41, 5.74) is 0. The highest BCUT2D eigenvalue weighted by Gasteiger charge is 2.20. The zero-order chi connectivity index (χ0) is 11.9. The average Bonchev–Trinajstić information content (AvgIpc) is 2.39. The second-order valence-corrected chi connectivity index (χ2v) is 4.57. The minimum Gasteiger partial charge on any atom is -0.463 e. The van der Waals surface area contributed by atoms with Crippen molar-refractivity contribution in [2.24, 2.45) is 0 Å². The highest BCUT2D eigenvalue weighted by Crippen LogP contribution is 2.13.